The Kier molecular flexibility index (Phi) is 4.01. The molecular weight excluding hydrogens is 361 g/mol. The van der Waals surface area contributed by atoms with Crippen molar-refractivity contribution in [3.8, 4) is 5.75 Å². The number of nitrogens with zero attached hydrogens (tertiary/aromatic N) is 2. The number of pyridine rings is 1. The number of hydrogen-bond acceptors (Lipinski definition) is 5. The van der Waals surface area contributed by atoms with Crippen LogP contribution in [0.3, 0.4) is 0 Å². The van der Waals surface area contributed by atoms with E-state index in [1.54, 1.807) is 19.4 Å². The van der Waals surface area contributed by atoms with Crippen LogP contribution in [0.2, 0.25) is 0 Å². The Balaban J connectivity index is 1.30. The molecule has 3 fully saturated rings. The number of benzene rings is 1. The minimum atomic E-state index is -0.362. The summed E-state index contributed by atoms with van der Waals surface area (Å²) in [4.78, 5) is 19.3. The smallest absolute Gasteiger partial charge is 0.270 e. The zero-order valence-corrected chi connectivity index (χ0v) is 15.7. The maximum Gasteiger partial charge on any atom is 0.270 e. The standard InChI is InChI=1S/C21H22FN3O3/c1-27-18-3-2-14(22)8-13(18)10-21(5-6-21)24-20(26)16-9-15(4-7-23-16)25-11-19-17(25)12-28-19/h2-4,7-9,17,19H,5-6,10-12H2,1H3,(H,24,26)/t17-,19?/m0/s1. The Morgan fingerprint density at radius 1 is 1.39 bits per heavy atom. The number of carbonyl (C=O) groups excluding carboxylic acids is 1. The van der Waals surface area contributed by atoms with Crippen molar-refractivity contribution in [3.05, 3.63) is 53.6 Å². The highest BCUT2D eigenvalue weighted by molar-refractivity contribution is 5.94. The van der Waals surface area contributed by atoms with Gasteiger partial charge in [0.25, 0.3) is 5.91 Å². The van der Waals surface area contributed by atoms with Crippen LogP contribution in [0.5, 0.6) is 5.75 Å². The van der Waals surface area contributed by atoms with Crippen molar-refractivity contribution in [1.29, 1.82) is 0 Å². The summed E-state index contributed by atoms with van der Waals surface area (Å²) in [7, 11) is 1.57. The zero-order chi connectivity index (χ0) is 19.3. The summed E-state index contributed by atoms with van der Waals surface area (Å²) in [6, 6.07) is 8.67. The Labute approximate surface area is 162 Å². The lowest BCUT2D eigenvalue weighted by Gasteiger charge is -2.56. The molecule has 1 saturated carbocycles. The highest BCUT2D eigenvalue weighted by atomic mass is 19.1. The van der Waals surface area contributed by atoms with Gasteiger partial charge in [0, 0.05) is 24.0 Å². The molecule has 1 unspecified atom stereocenters. The zero-order valence-electron chi connectivity index (χ0n) is 15.7. The van der Waals surface area contributed by atoms with Crippen LogP contribution in [0.25, 0.3) is 0 Å². The van der Waals surface area contributed by atoms with E-state index in [1.807, 2.05) is 12.1 Å². The number of carbonyl (C=O) groups is 1. The minimum Gasteiger partial charge on any atom is -0.496 e. The van der Waals surface area contributed by atoms with E-state index in [-0.39, 0.29) is 17.3 Å². The van der Waals surface area contributed by atoms with Crippen LogP contribution in [0.1, 0.15) is 28.9 Å². The molecule has 1 aliphatic carbocycles. The Hall–Kier alpha value is -2.67. The number of rotatable bonds is 6. The van der Waals surface area contributed by atoms with Crippen LogP contribution in [-0.4, -0.2) is 48.8 Å². The van der Waals surface area contributed by atoms with E-state index in [2.05, 4.69) is 15.2 Å². The molecule has 1 aromatic heterocycles. The maximum atomic E-state index is 13.7. The number of hydrogen-bond donors (Lipinski definition) is 1. The number of halogens is 1. The second kappa shape index (κ2) is 6.44. The van der Waals surface area contributed by atoms with Crippen molar-refractivity contribution in [3.63, 3.8) is 0 Å². The first-order chi connectivity index (χ1) is 13.6. The lowest BCUT2D eigenvalue weighted by Crippen LogP contribution is -2.70. The summed E-state index contributed by atoms with van der Waals surface area (Å²) < 4.78 is 24.4. The van der Waals surface area contributed by atoms with E-state index >= 15 is 0 Å². The Bertz CT molecular complexity index is 931. The largest absolute Gasteiger partial charge is 0.496 e. The second-order valence-electron chi connectivity index (χ2n) is 7.86. The van der Waals surface area contributed by atoms with Crippen LogP contribution in [-0.2, 0) is 11.2 Å². The topological polar surface area (TPSA) is 63.7 Å². The third-order valence-electron chi connectivity index (χ3n) is 6.00. The molecule has 3 heterocycles. The molecule has 7 heteroatoms. The molecular formula is C21H22FN3O3. The van der Waals surface area contributed by atoms with Crippen molar-refractivity contribution >= 4 is 11.6 Å². The van der Waals surface area contributed by atoms with Crippen LogP contribution < -0.4 is 15.0 Å². The Morgan fingerprint density at radius 3 is 2.89 bits per heavy atom. The molecule has 6 nitrogen and oxygen atoms in total. The predicted molar refractivity (Wildman–Crippen MR) is 101 cm³/mol. The van der Waals surface area contributed by atoms with Crippen LogP contribution in [0, 0.1) is 5.82 Å². The van der Waals surface area contributed by atoms with Crippen LogP contribution >= 0.6 is 0 Å². The first-order valence-electron chi connectivity index (χ1n) is 9.56. The molecule has 1 aromatic carbocycles. The fourth-order valence-corrected chi connectivity index (χ4v) is 4.05. The number of amides is 1. The Morgan fingerprint density at radius 2 is 2.25 bits per heavy atom. The highest BCUT2D eigenvalue weighted by Gasteiger charge is 2.48. The van der Waals surface area contributed by atoms with E-state index < -0.39 is 0 Å². The summed E-state index contributed by atoms with van der Waals surface area (Å²) in [5, 5.41) is 3.12. The number of morpholine rings is 1. The number of fused-ring (bicyclic) bond motifs is 1. The molecule has 5 rings (SSSR count). The van der Waals surface area contributed by atoms with Gasteiger partial charge in [-0.05, 0) is 55.2 Å². The minimum absolute atomic E-state index is 0.198. The molecule has 146 valence electrons. The first kappa shape index (κ1) is 17.4. The third-order valence-corrected chi connectivity index (χ3v) is 6.00. The fraction of sp³-hybridized carbons (Fsp3) is 0.429. The molecule has 2 aromatic rings. The summed E-state index contributed by atoms with van der Waals surface area (Å²) in [6.07, 6.45) is 4.25. The van der Waals surface area contributed by atoms with Crippen molar-refractivity contribution in [2.45, 2.75) is 36.9 Å². The van der Waals surface area contributed by atoms with Gasteiger partial charge in [-0.1, -0.05) is 0 Å². The summed E-state index contributed by atoms with van der Waals surface area (Å²) in [5.74, 6) is 0.133. The van der Waals surface area contributed by atoms with Gasteiger partial charge >= 0.3 is 0 Å². The quantitative estimate of drug-likeness (QED) is 0.830. The molecule has 1 amide bonds. The second-order valence-corrected chi connectivity index (χ2v) is 7.86. The lowest BCUT2D eigenvalue weighted by molar-refractivity contribution is -0.113. The average Bonchev–Trinajstić information content (AvgIpc) is 3.43. The van der Waals surface area contributed by atoms with Gasteiger partial charge in [-0.25, -0.2) is 4.39 Å². The predicted octanol–water partition coefficient (Wildman–Crippen LogP) is 2.32. The number of methoxy groups -OCH3 is 1. The van der Waals surface area contributed by atoms with Gasteiger partial charge in [0.05, 0.1) is 25.9 Å². The molecule has 2 atom stereocenters. The number of aromatic nitrogens is 1. The maximum absolute atomic E-state index is 13.7. The molecule has 3 aliphatic rings. The summed E-state index contributed by atoms with van der Waals surface area (Å²) in [6.45, 7) is 1.60. The molecule has 1 N–H and O–H groups in total. The fourth-order valence-electron chi connectivity index (χ4n) is 4.05. The van der Waals surface area contributed by atoms with Gasteiger partial charge in [0.1, 0.15) is 17.3 Å². The monoisotopic (exact) mass is 383 g/mol. The van der Waals surface area contributed by atoms with Crippen molar-refractivity contribution in [1.82, 2.24) is 10.3 Å². The number of ether oxygens (including phenoxy) is 2. The molecule has 0 radical (unpaired) electrons. The molecule has 28 heavy (non-hydrogen) atoms. The third kappa shape index (κ3) is 2.99. The summed E-state index contributed by atoms with van der Waals surface area (Å²) >= 11 is 0. The average molecular weight is 383 g/mol. The number of anilines is 1. The molecule has 0 bridgehead atoms. The van der Waals surface area contributed by atoms with Crippen molar-refractivity contribution < 1.29 is 18.7 Å². The van der Waals surface area contributed by atoms with Gasteiger partial charge in [0.2, 0.25) is 0 Å². The van der Waals surface area contributed by atoms with Gasteiger partial charge in [-0.15, -0.1) is 0 Å². The van der Waals surface area contributed by atoms with Crippen LogP contribution in [0.15, 0.2) is 36.5 Å². The van der Waals surface area contributed by atoms with Crippen molar-refractivity contribution in [2.24, 2.45) is 0 Å². The van der Waals surface area contributed by atoms with E-state index in [1.165, 1.54) is 12.1 Å². The van der Waals surface area contributed by atoms with Gasteiger partial charge in [0.15, 0.2) is 0 Å². The normalized spacial score (nSPS) is 23.9. The molecule has 0 spiro atoms. The molecule has 2 saturated heterocycles. The highest BCUT2D eigenvalue weighted by Crippen LogP contribution is 2.41. The first-order valence-corrected chi connectivity index (χ1v) is 9.56. The molecule has 2 aliphatic heterocycles. The number of nitrogens with one attached hydrogen (secondary N) is 1. The lowest BCUT2D eigenvalue weighted by atomic mass is 9.94. The summed E-state index contributed by atoms with van der Waals surface area (Å²) in [5.41, 5.74) is 1.80. The van der Waals surface area contributed by atoms with E-state index in [9.17, 15) is 9.18 Å². The van der Waals surface area contributed by atoms with Gasteiger partial charge in [-0.3, -0.25) is 9.78 Å². The van der Waals surface area contributed by atoms with E-state index in [0.29, 0.717) is 30.0 Å². The van der Waals surface area contributed by atoms with Gasteiger partial charge < -0.3 is 19.7 Å². The SMILES string of the molecule is COc1ccc(F)cc1CC1(NC(=O)c2cc(N3CC4OC[C@@H]43)ccn2)CC1. The van der Waals surface area contributed by atoms with E-state index in [0.717, 1.165) is 37.2 Å². The van der Waals surface area contributed by atoms with Crippen LogP contribution in [0.4, 0.5) is 10.1 Å². The van der Waals surface area contributed by atoms with E-state index in [4.69, 9.17) is 9.47 Å². The van der Waals surface area contributed by atoms with Gasteiger partial charge in [-0.2, -0.15) is 0 Å². The van der Waals surface area contributed by atoms with Crippen molar-refractivity contribution in [2.75, 3.05) is 25.2 Å².